The average Bonchev–Trinajstić information content (AvgIpc) is 1.97. The lowest BCUT2D eigenvalue weighted by molar-refractivity contribution is -0.136. The fraction of sp³-hybridized carbons (Fsp3) is 0.625. The zero-order chi connectivity index (χ0) is 9.78. The molecule has 70 valence electrons. The maximum atomic E-state index is 10.8. The normalized spacial score (nSPS) is 11.0. The number of ether oxygens (including phenoxy) is 1. The number of methoxy groups -OCH3 is 1. The van der Waals surface area contributed by atoms with Gasteiger partial charge in [0, 0.05) is 0 Å². The number of esters is 1. The van der Waals surface area contributed by atoms with Crippen LogP contribution in [0.3, 0.4) is 0 Å². The second-order valence-electron chi connectivity index (χ2n) is 3.50. The van der Waals surface area contributed by atoms with Crippen molar-refractivity contribution in [3.63, 3.8) is 0 Å². The van der Waals surface area contributed by atoms with Crippen LogP contribution in [0.2, 0.25) is 19.6 Å². The van der Waals surface area contributed by atoms with E-state index in [-0.39, 0.29) is 6.61 Å². The summed E-state index contributed by atoms with van der Waals surface area (Å²) in [6.07, 6.45) is 0. The molecule has 0 amide bonds. The molecule has 0 radical (unpaired) electrons. The smallest absolute Gasteiger partial charge is 0.335 e. The molecule has 4 heteroatoms. The average molecular weight is 188 g/mol. The Morgan fingerprint density at radius 1 is 1.42 bits per heavy atom. The number of carbonyl (C=O) groups is 1. The Balaban J connectivity index is 3.80. The molecule has 0 saturated heterocycles. The molecule has 0 aromatic rings. The van der Waals surface area contributed by atoms with Crippen LogP contribution >= 0.6 is 0 Å². The van der Waals surface area contributed by atoms with Gasteiger partial charge in [0.2, 0.25) is 0 Å². The molecule has 0 aliphatic rings. The van der Waals surface area contributed by atoms with E-state index in [9.17, 15) is 4.79 Å². The maximum absolute atomic E-state index is 10.8. The fourth-order valence-electron chi connectivity index (χ4n) is 0.507. The molecule has 0 unspecified atom stereocenters. The molecule has 3 nitrogen and oxygen atoms in total. The predicted molar refractivity (Wildman–Crippen MR) is 50.5 cm³/mol. The molecule has 0 aromatic carbocycles. The van der Waals surface area contributed by atoms with Crippen molar-refractivity contribution in [1.29, 1.82) is 0 Å². The summed E-state index contributed by atoms with van der Waals surface area (Å²) in [5.74, 6) is -0.395. The zero-order valence-corrected chi connectivity index (χ0v) is 9.14. The Morgan fingerprint density at radius 2 is 1.92 bits per heavy atom. The van der Waals surface area contributed by atoms with E-state index < -0.39 is 14.3 Å². The molecule has 0 aliphatic carbocycles. The highest BCUT2D eigenvalue weighted by Gasteiger charge is 2.16. The Kier molecular flexibility index (Phi) is 4.20. The minimum absolute atomic E-state index is 0.280. The lowest BCUT2D eigenvalue weighted by atomic mass is 10.3. The number of hydrogen-bond donors (Lipinski definition) is 0. The Labute approximate surface area is 74.5 Å². The van der Waals surface area contributed by atoms with Gasteiger partial charge in [0.25, 0.3) is 0 Å². The van der Waals surface area contributed by atoms with Crippen molar-refractivity contribution < 1.29 is 14.0 Å². The summed E-state index contributed by atoms with van der Waals surface area (Å²) in [5, 5.41) is 0. The van der Waals surface area contributed by atoms with Crippen LogP contribution in [0.5, 0.6) is 0 Å². The van der Waals surface area contributed by atoms with Crippen LogP contribution < -0.4 is 0 Å². The monoisotopic (exact) mass is 188 g/mol. The van der Waals surface area contributed by atoms with Crippen molar-refractivity contribution in [3.8, 4) is 0 Å². The van der Waals surface area contributed by atoms with E-state index in [1.165, 1.54) is 7.11 Å². The summed E-state index contributed by atoms with van der Waals surface area (Å²) < 4.78 is 9.93. The van der Waals surface area contributed by atoms with Crippen LogP contribution in [-0.4, -0.2) is 28.0 Å². The molecule has 0 bridgehead atoms. The predicted octanol–water partition coefficient (Wildman–Crippen LogP) is 1.57. The molecule has 0 spiro atoms. The van der Waals surface area contributed by atoms with Gasteiger partial charge in [-0.15, -0.1) is 0 Å². The van der Waals surface area contributed by atoms with Crippen LogP contribution in [0.15, 0.2) is 12.2 Å². The zero-order valence-electron chi connectivity index (χ0n) is 8.14. The molecule has 0 fully saturated rings. The standard InChI is InChI=1S/C8H16O3Si/c1-7(8(9)10-2)6-11-12(3,4)5/h1,6H2,2-5H3. The van der Waals surface area contributed by atoms with Crippen LogP contribution in [0.25, 0.3) is 0 Å². The SMILES string of the molecule is C=C(CO[Si](C)(C)C)C(=O)OC. The van der Waals surface area contributed by atoms with Gasteiger partial charge in [0.1, 0.15) is 0 Å². The summed E-state index contributed by atoms with van der Waals surface area (Å²) in [7, 11) is -0.212. The van der Waals surface area contributed by atoms with Crippen molar-refractivity contribution >= 4 is 14.3 Å². The van der Waals surface area contributed by atoms with Gasteiger partial charge in [-0.3, -0.25) is 0 Å². The van der Waals surface area contributed by atoms with Crippen molar-refractivity contribution in [3.05, 3.63) is 12.2 Å². The first-order chi connectivity index (χ1) is 5.37. The van der Waals surface area contributed by atoms with Crippen molar-refractivity contribution in [2.24, 2.45) is 0 Å². The molecular weight excluding hydrogens is 172 g/mol. The summed E-state index contributed by atoms with van der Waals surface area (Å²) >= 11 is 0. The second kappa shape index (κ2) is 4.42. The molecule has 0 aromatic heterocycles. The minimum atomic E-state index is -1.55. The van der Waals surface area contributed by atoms with Gasteiger partial charge in [-0.1, -0.05) is 6.58 Å². The van der Waals surface area contributed by atoms with Gasteiger partial charge in [-0.05, 0) is 19.6 Å². The highest BCUT2D eigenvalue weighted by Crippen LogP contribution is 2.05. The summed E-state index contributed by atoms with van der Waals surface area (Å²) in [6.45, 7) is 9.99. The van der Waals surface area contributed by atoms with Gasteiger partial charge >= 0.3 is 5.97 Å². The number of carbonyl (C=O) groups excluding carboxylic acids is 1. The van der Waals surface area contributed by atoms with Crippen molar-refractivity contribution in [2.75, 3.05) is 13.7 Å². The van der Waals surface area contributed by atoms with E-state index in [0.717, 1.165) is 0 Å². The molecule has 0 rings (SSSR count). The van der Waals surface area contributed by atoms with Crippen LogP contribution in [0, 0.1) is 0 Å². The molecule has 12 heavy (non-hydrogen) atoms. The Hall–Kier alpha value is -0.613. The van der Waals surface area contributed by atoms with E-state index in [2.05, 4.69) is 31.0 Å². The molecule has 0 aliphatic heterocycles. The van der Waals surface area contributed by atoms with Crippen molar-refractivity contribution in [1.82, 2.24) is 0 Å². The van der Waals surface area contributed by atoms with Gasteiger partial charge in [0.15, 0.2) is 8.32 Å². The molecular formula is C8H16O3Si. The Bertz CT molecular complexity index is 181. The third-order valence-electron chi connectivity index (χ3n) is 1.15. The molecule has 0 saturated carbocycles. The lowest BCUT2D eigenvalue weighted by Crippen LogP contribution is -2.27. The van der Waals surface area contributed by atoms with Gasteiger partial charge in [-0.25, -0.2) is 4.79 Å². The van der Waals surface area contributed by atoms with E-state index >= 15 is 0 Å². The summed E-state index contributed by atoms with van der Waals surface area (Å²) in [5.41, 5.74) is 0.375. The first kappa shape index (κ1) is 11.4. The highest BCUT2D eigenvalue weighted by atomic mass is 28.4. The van der Waals surface area contributed by atoms with Crippen LogP contribution in [-0.2, 0) is 14.0 Å². The van der Waals surface area contributed by atoms with E-state index in [1.807, 2.05) is 0 Å². The topological polar surface area (TPSA) is 35.5 Å². The van der Waals surface area contributed by atoms with E-state index in [4.69, 9.17) is 4.43 Å². The minimum Gasteiger partial charge on any atom is -0.466 e. The molecule has 0 heterocycles. The van der Waals surface area contributed by atoms with Gasteiger partial charge < -0.3 is 9.16 Å². The van der Waals surface area contributed by atoms with Crippen LogP contribution in [0.4, 0.5) is 0 Å². The lowest BCUT2D eigenvalue weighted by Gasteiger charge is -2.17. The van der Waals surface area contributed by atoms with Crippen LogP contribution in [0.1, 0.15) is 0 Å². The molecule has 0 N–H and O–H groups in total. The van der Waals surface area contributed by atoms with E-state index in [0.29, 0.717) is 5.57 Å². The fourth-order valence-corrected chi connectivity index (χ4v) is 1.11. The highest BCUT2D eigenvalue weighted by molar-refractivity contribution is 6.69. The van der Waals surface area contributed by atoms with Crippen molar-refractivity contribution in [2.45, 2.75) is 19.6 Å². The first-order valence-electron chi connectivity index (χ1n) is 3.77. The number of rotatable bonds is 4. The summed E-state index contributed by atoms with van der Waals surface area (Å²) in [4.78, 5) is 10.8. The second-order valence-corrected chi connectivity index (χ2v) is 8.01. The Morgan fingerprint density at radius 3 is 2.25 bits per heavy atom. The quantitative estimate of drug-likeness (QED) is 0.381. The van der Waals surface area contributed by atoms with E-state index in [1.54, 1.807) is 0 Å². The maximum Gasteiger partial charge on any atom is 0.335 e. The molecule has 0 atom stereocenters. The van der Waals surface area contributed by atoms with Gasteiger partial charge in [0.05, 0.1) is 19.3 Å². The largest absolute Gasteiger partial charge is 0.466 e. The number of hydrogen-bond acceptors (Lipinski definition) is 3. The first-order valence-corrected chi connectivity index (χ1v) is 7.17. The third kappa shape index (κ3) is 5.09. The third-order valence-corrected chi connectivity index (χ3v) is 2.16. The van der Waals surface area contributed by atoms with Gasteiger partial charge in [-0.2, -0.15) is 0 Å². The summed E-state index contributed by atoms with van der Waals surface area (Å²) in [6, 6.07) is 0.